The van der Waals surface area contributed by atoms with E-state index < -0.39 is 11.2 Å². The first-order valence-electron chi connectivity index (χ1n) is 11.2. The minimum absolute atomic E-state index is 0.147. The summed E-state index contributed by atoms with van der Waals surface area (Å²) in [6.45, 7) is 4.08. The van der Waals surface area contributed by atoms with Crippen molar-refractivity contribution in [2.45, 2.75) is 26.3 Å². The first-order valence-corrected chi connectivity index (χ1v) is 12.0. The molecule has 0 aliphatic rings. The van der Waals surface area contributed by atoms with E-state index in [4.69, 9.17) is 4.98 Å². The van der Waals surface area contributed by atoms with Gasteiger partial charge in [-0.3, -0.25) is 23.6 Å². The summed E-state index contributed by atoms with van der Waals surface area (Å²) in [6, 6.07) is 15.6. The third-order valence-corrected chi connectivity index (χ3v) is 7.09. The largest absolute Gasteiger partial charge is 0.332 e. The number of thiazole rings is 1. The van der Waals surface area contributed by atoms with Crippen LogP contribution in [0.2, 0.25) is 0 Å². The average molecular weight is 489 g/mol. The highest BCUT2D eigenvalue weighted by Crippen LogP contribution is 2.34. The lowest BCUT2D eigenvalue weighted by Crippen LogP contribution is -2.38. The molecule has 0 saturated heterocycles. The first kappa shape index (κ1) is 22.7. The van der Waals surface area contributed by atoms with E-state index in [0.717, 1.165) is 20.3 Å². The van der Waals surface area contributed by atoms with Crippen LogP contribution in [0, 0.1) is 0 Å². The number of amides is 1. The molecule has 5 aromatic rings. The molecule has 0 atom stereocenters. The summed E-state index contributed by atoms with van der Waals surface area (Å²) in [4.78, 5) is 49.4. The maximum absolute atomic E-state index is 13.8. The number of para-hydroxylation sites is 1. The van der Waals surface area contributed by atoms with Crippen LogP contribution in [0.1, 0.15) is 25.3 Å². The number of imidazole rings is 1. The van der Waals surface area contributed by atoms with Gasteiger partial charge in [0, 0.05) is 14.1 Å². The number of rotatable bonds is 5. The molecule has 3 heterocycles. The fraction of sp³-hybridized carbons (Fsp3) is 0.240. The first-order chi connectivity index (χ1) is 16.8. The van der Waals surface area contributed by atoms with E-state index in [1.807, 2.05) is 48.5 Å². The monoisotopic (exact) mass is 488 g/mol. The van der Waals surface area contributed by atoms with Crippen LogP contribution < -0.4 is 16.1 Å². The number of anilines is 2. The van der Waals surface area contributed by atoms with E-state index in [0.29, 0.717) is 16.7 Å². The zero-order valence-corrected chi connectivity index (χ0v) is 20.6. The highest BCUT2D eigenvalue weighted by Gasteiger charge is 2.24. The molecule has 0 unspecified atom stereocenters. The molecule has 10 heteroatoms. The Hall–Kier alpha value is -4.05. The van der Waals surface area contributed by atoms with E-state index >= 15 is 0 Å². The smallest absolute Gasteiger partial charge is 0.315 e. The summed E-state index contributed by atoms with van der Waals surface area (Å²) in [5, 5.41) is 0.540. The Bertz CT molecular complexity index is 1660. The standard InChI is InChI=1S/C25H24N6O3S/c1-15(2)16-9-11-17(12-10-16)31(24-27-18-7-5-6-8-19(18)35-24)20(32)13-30-14-26-22-21(30)23(33)29(4)25(34)28(22)3/h5-12,14-15H,13H2,1-4H3. The van der Waals surface area contributed by atoms with Crippen LogP contribution in [-0.2, 0) is 25.4 Å². The topological polar surface area (TPSA) is 95.0 Å². The number of carbonyl (C=O) groups excluding carboxylic acids is 1. The molecule has 5 rings (SSSR count). The maximum atomic E-state index is 13.8. The number of fused-ring (bicyclic) bond motifs is 2. The van der Waals surface area contributed by atoms with Crippen LogP contribution in [0.25, 0.3) is 21.4 Å². The number of hydrogen-bond donors (Lipinski definition) is 0. The Morgan fingerprint density at radius 2 is 1.74 bits per heavy atom. The number of nitrogens with zero attached hydrogens (tertiary/aromatic N) is 6. The van der Waals surface area contributed by atoms with Gasteiger partial charge in [0.1, 0.15) is 6.54 Å². The van der Waals surface area contributed by atoms with Gasteiger partial charge < -0.3 is 4.57 Å². The van der Waals surface area contributed by atoms with E-state index in [-0.39, 0.29) is 23.6 Å². The second-order valence-electron chi connectivity index (χ2n) is 8.69. The van der Waals surface area contributed by atoms with E-state index in [1.54, 1.807) is 11.9 Å². The Morgan fingerprint density at radius 3 is 2.43 bits per heavy atom. The minimum atomic E-state index is -0.499. The van der Waals surface area contributed by atoms with Crippen molar-refractivity contribution in [1.82, 2.24) is 23.7 Å². The number of carbonyl (C=O) groups is 1. The summed E-state index contributed by atoms with van der Waals surface area (Å²) in [6.07, 6.45) is 1.42. The van der Waals surface area contributed by atoms with Gasteiger partial charge in [-0.25, -0.2) is 14.8 Å². The normalized spacial score (nSPS) is 11.6. The molecule has 0 radical (unpaired) electrons. The third-order valence-electron chi connectivity index (χ3n) is 6.06. The van der Waals surface area contributed by atoms with Crippen molar-refractivity contribution in [3.05, 3.63) is 81.3 Å². The van der Waals surface area contributed by atoms with Crippen LogP contribution in [0.5, 0.6) is 0 Å². The van der Waals surface area contributed by atoms with Gasteiger partial charge in [-0.1, -0.05) is 49.4 Å². The van der Waals surface area contributed by atoms with Crippen molar-refractivity contribution in [2.75, 3.05) is 4.90 Å². The molecule has 178 valence electrons. The van der Waals surface area contributed by atoms with Crippen LogP contribution in [0.15, 0.2) is 64.4 Å². The minimum Gasteiger partial charge on any atom is -0.315 e. The highest BCUT2D eigenvalue weighted by atomic mass is 32.1. The number of hydrogen-bond acceptors (Lipinski definition) is 6. The van der Waals surface area contributed by atoms with E-state index in [1.165, 1.54) is 33.8 Å². The van der Waals surface area contributed by atoms with Crippen molar-refractivity contribution in [3.63, 3.8) is 0 Å². The third kappa shape index (κ3) is 3.85. The summed E-state index contributed by atoms with van der Waals surface area (Å²) in [7, 11) is 2.96. The molecule has 0 aliphatic carbocycles. The quantitative estimate of drug-likeness (QED) is 0.377. The van der Waals surface area contributed by atoms with Gasteiger partial charge in [0.05, 0.1) is 22.2 Å². The average Bonchev–Trinajstić information content (AvgIpc) is 3.46. The zero-order chi connectivity index (χ0) is 24.9. The van der Waals surface area contributed by atoms with Crippen molar-refractivity contribution in [1.29, 1.82) is 0 Å². The summed E-state index contributed by atoms with van der Waals surface area (Å²) in [5.74, 6) is 0.0763. The van der Waals surface area contributed by atoms with Crippen LogP contribution in [0.4, 0.5) is 10.8 Å². The Labute approximate surface area is 204 Å². The van der Waals surface area contributed by atoms with Crippen molar-refractivity contribution >= 4 is 49.4 Å². The van der Waals surface area contributed by atoms with Crippen molar-refractivity contribution < 1.29 is 4.79 Å². The summed E-state index contributed by atoms with van der Waals surface area (Å²) in [5.41, 5.74) is 2.11. The van der Waals surface area contributed by atoms with Gasteiger partial charge in [-0.2, -0.15) is 0 Å². The van der Waals surface area contributed by atoms with Gasteiger partial charge in [0.15, 0.2) is 16.3 Å². The van der Waals surface area contributed by atoms with Gasteiger partial charge in [-0.15, -0.1) is 0 Å². The number of aryl methyl sites for hydroxylation is 1. The number of benzene rings is 2. The molecule has 0 fully saturated rings. The molecule has 1 amide bonds. The molecule has 9 nitrogen and oxygen atoms in total. The highest BCUT2D eigenvalue weighted by molar-refractivity contribution is 7.22. The van der Waals surface area contributed by atoms with E-state index in [2.05, 4.69) is 18.8 Å². The Morgan fingerprint density at radius 1 is 1.03 bits per heavy atom. The number of aromatic nitrogens is 5. The molecule has 35 heavy (non-hydrogen) atoms. The second kappa shape index (κ2) is 8.62. The lowest BCUT2D eigenvalue weighted by molar-refractivity contribution is -0.118. The lowest BCUT2D eigenvalue weighted by atomic mass is 10.0. The van der Waals surface area contributed by atoms with Gasteiger partial charge in [-0.05, 0) is 35.7 Å². The maximum Gasteiger partial charge on any atom is 0.332 e. The van der Waals surface area contributed by atoms with Crippen LogP contribution in [-0.4, -0.2) is 29.6 Å². The van der Waals surface area contributed by atoms with Gasteiger partial charge >= 0.3 is 5.69 Å². The summed E-state index contributed by atoms with van der Waals surface area (Å²) >= 11 is 1.42. The summed E-state index contributed by atoms with van der Waals surface area (Å²) < 4.78 is 4.77. The second-order valence-corrected chi connectivity index (χ2v) is 9.70. The molecule has 3 aromatic heterocycles. The molecular weight excluding hydrogens is 464 g/mol. The molecule has 0 N–H and O–H groups in total. The molecule has 0 bridgehead atoms. The molecule has 0 spiro atoms. The Balaban J connectivity index is 1.61. The van der Waals surface area contributed by atoms with Crippen LogP contribution >= 0.6 is 11.3 Å². The Kier molecular flexibility index (Phi) is 5.60. The molecule has 2 aromatic carbocycles. The fourth-order valence-corrected chi connectivity index (χ4v) is 5.06. The predicted octanol–water partition coefficient (Wildman–Crippen LogP) is 3.53. The lowest BCUT2D eigenvalue weighted by Gasteiger charge is -2.21. The van der Waals surface area contributed by atoms with Gasteiger partial charge in [0.2, 0.25) is 0 Å². The fourth-order valence-electron chi connectivity index (χ4n) is 4.06. The van der Waals surface area contributed by atoms with Crippen molar-refractivity contribution in [2.24, 2.45) is 14.1 Å². The molecular formula is C25H24N6O3S. The van der Waals surface area contributed by atoms with Crippen molar-refractivity contribution in [3.8, 4) is 0 Å². The molecule has 0 saturated carbocycles. The predicted molar refractivity (Wildman–Crippen MR) is 138 cm³/mol. The van der Waals surface area contributed by atoms with Gasteiger partial charge in [0.25, 0.3) is 11.5 Å². The zero-order valence-electron chi connectivity index (χ0n) is 19.8. The van der Waals surface area contributed by atoms with Crippen LogP contribution in [0.3, 0.4) is 0 Å². The van der Waals surface area contributed by atoms with E-state index in [9.17, 15) is 14.4 Å². The molecule has 0 aliphatic heterocycles. The SMILES string of the molecule is CC(C)c1ccc(N(C(=O)Cn2cnc3c2c(=O)n(C)c(=O)n3C)c2nc3ccccc3s2)cc1.